The highest BCUT2D eigenvalue weighted by atomic mass is 16.5. The van der Waals surface area contributed by atoms with Crippen LogP contribution in [0.25, 0.3) is 11.3 Å². The Labute approximate surface area is 126 Å². The van der Waals surface area contributed by atoms with E-state index in [0.29, 0.717) is 0 Å². The van der Waals surface area contributed by atoms with Gasteiger partial charge in [-0.25, -0.2) is 0 Å². The summed E-state index contributed by atoms with van der Waals surface area (Å²) in [6, 6.07) is 11.8. The van der Waals surface area contributed by atoms with Crippen molar-refractivity contribution in [2.75, 3.05) is 0 Å². The third kappa shape index (κ3) is 4.48. The van der Waals surface area contributed by atoms with Gasteiger partial charge in [-0.15, -0.1) is 0 Å². The molecular formula is C18H23NO2. The maximum absolute atomic E-state index is 5.93. The molecule has 0 spiro atoms. The fourth-order valence-corrected chi connectivity index (χ4v) is 2.00. The monoisotopic (exact) mass is 285 g/mol. The Morgan fingerprint density at radius 2 is 1.81 bits per heavy atom. The van der Waals surface area contributed by atoms with Crippen molar-refractivity contribution >= 4 is 0 Å². The van der Waals surface area contributed by atoms with Gasteiger partial charge in [-0.2, -0.15) is 0 Å². The predicted octanol–water partition coefficient (Wildman–Crippen LogP) is 4.71. The van der Waals surface area contributed by atoms with E-state index in [9.17, 15) is 0 Å². The minimum Gasteiger partial charge on any atom is -0.490 e. The Hall–Kier alpha value is -2.03. The minimum atomic E-state index is -0.235. The van der Waals surface area contributed by atoms with E-state index in [1.807, 2.05) is 71.0 Å². The van der Waals surface area contributed by atoms with Crippen LogP contribution in [-0.4, -0.2) is 16.7 Å². The maximum Gasteiger partial charge on any atom is 0.132 e. The zero-order valence-corrected chi connectivity index (χ0v) is 13.4. The lowest BCUT2D eigenvalue weighted by atomic mass is 10.1. The normalized spacial score (nSPS) is 11.5. The van der Waals surface area contributed by atoms with Crippen molar-refractivity contribution in [1.29, 1.82) is 0 Å². The first kappa shape index (κ1) is 15.4. The van der Waals surface area contributed by atoms with Gasteiger partial charge in [0.25, 0.3) is 0 Å². The minimum absolute atomic E-state index is 0.0948. The van der Waals surface area contributed by atoms with Crippen LogP contribution in [0.2, 0.25) is 0 Å². The molecule has 0 aliphatic carbocycles. The second kappa shape index (κ2) is 6.17. The van der Waals surface area contributed by atoms with Crippen LogP contribution in [0.4, 0.5) is 0 Å². The third-order valence-electron chi connectivity index (χ3n) is 2.68. The van der Waals surface area contributed by atoms with Crippen molar-refractivity contribution in [3.63, 3.8) is 0 Å². The molecule has 3 nitrogen and oxygen atoms in total. The summed E-state index contributed by atoms with van der Waals surface area (Å²) in [7, 11) is 0. The molecule has 1 aromatic heterocycles. The van der Waals surface area contributed by atoms with Gasteiger partial charge in [0, 0.05) is 17.8 Å². The lowest BCUT2D eigenvalue weighted by Crippen LogP contribution is -2.23. The first-order valence-electron chi connectivity index (χ1n) is 7.26. The molecule has 0 radical (unpaired) electrons. The smallest absolute Gasteiger partial charge is 0.132 e. The molecule has 21 heavy (non-hydrogen) atoms. The average Bonchev–Trinajstić information content (AvgIpc) is 2.37. The molecule has 0 fully saturated rings. The van der Waals surface area contributed by atoms with Crippen molar-refractivity contribution in [2.45, 2.75) is 46.3 Å². The summed E-state index contributed by atoms with van der Waals surface area (Å²) in [4.78, 5) is 4.40. The maximum atomic E-state index is 5.93. The number of rotatable bonds is 4. The number of benzene rings is 1. The van der Waals surface area contributed by atoms with Crippen molar-refractivity contribution in [1.82, 2.24) is 4.98 Å². The zero-order valence-electron chi connectivity index (χ0n) is 13.4. The largest absolute Gasteiger partial charge is 0.490 e. The Morgan fingerprint density at radius 3 is 2.38 bits per heavy atom. The zero-order chi connectivity index (χ0) is 15.5. The molecular weight excluding hydrogens is 262 g/mol. The topological polar surface area (TPSA) is 31.4 Å². The average molecular weight is 285 g/mol. The van der Waals surface area contributed by atoms with E-state index in [4.69, 9.17) is 9.47 Å². The summed E-state index contributed by atoms with van der Waals surface area (Å²) < 4.78 is 11.8. The molecule has 1 heterocycles. The van der Waals surface area contributed by atoms with E-state index in [1.165, 1.54) is 0 Å². The third-order valence-corrected chi connectivity index (χ3v) is 2.68. The second-order valence-corrected chi connectivity index (χ2v) is 6.25. The molecule has 0 aliphatic heterocycles. The van der Waals surface area contributed by atoms with E-state index in [0.717, 1.165) is 22.8 Å². The van der Waals surface area contributed by atoms with Crippen molar-refractivity contribution < 1.29 is 9.47 Å². The van der Waals surface area contributed by atoms with Crippen molar-refractivity contribution in [3.8, 4) is 22.8 Å². The summed E-state index contributed by atoms with van der Waals surface area (Å²) in [5.74, 6) is 1.60. The van der Waals surface area contributed by atoms with Gasteiger partial charge in [0.15, 0.2) is 0 Å². The van der Waals surface area contributed by atoms with Crippen molar-refractivity contribution in [2.24, 2.45) is 0 Å². The number of aromatic nitrogens is 1. The number of ether oxygens (including phenoxy) is 2. The highest BCUT2D eigenvalue weighted by molar-refractivity contribution is 5.68. The summed E-state index contributed by atoms with van der Waals surface area (Å²) in [5, 5.41) is 0. The molecule has 0 bridgehead atoms. The Balaban J connectivity index is 2.41. The first-order chi connectivity index (χ1) is 9.85. The van der Waals surface area contributed by atoms with Crippen LogP contribution in [0.5, 0.6) is 11.5 Å². The SMILES string of the molecule is CC(C)Oc1cc(OC(C)(C)C)ccc1-c1ccccn1. The summed E-state index contributed by atoms with van der Waals surface area (Å²) in [6.45, 7) is 10.1. The lowest BCUT2D eigenvalue weighted by Gasteiger charge is -2.22. The number of hydrogen-bond donors (Lipinski definition) is 0. The molecule has 2 rings (SSSR count). The van der Waals surface area contributed by atoms with Crippen LogP contribution in [-0.2, 0) is 0 Å². The molecule has 0 aliphatic rings. The fraction of sp³-hybridized carbons (Fsp3) is 0.389. The molecule has 0 amide bonds. The van der Waals surface area contributed by atoms with Gasteiger partial charge in [0.2, 0.25) is 0 Å². The van der Waals surface area contributed by atoms with E-state index >= 15 is 0 Å². The van der Waals surface area contributed by atoms with Crippen LogP contribution in [0, 0.1) is 0 Å². The van der Waals surface area contributed by atoms with Crippen molar-refractivity contribution in [3.05, 3.63) is 42.6 Å². The van der Waals surface area contributed by atoms with Gasteiger partial charge in [-0.05, 0) is 58.9 Å². The predicted molar refractivity (Wildman–Crippen MR) is 85.8 cm³/mol. The highest BCUT2D eigenvalue weighted by Crippen LogP contribution is 2.34. The molecule has 112 valence electrons. The van der Waals surface area contributed by atoms with Gasteiger partial charge in [-0.3, -0.25) is 4.98 Å². The summed E-state index contributed by atoms with van der Waals surface area (Å²) in [5.41, 5.74) is 1.64. The Kier molecular flexibility index (Phi) is 4.51. The van der Waals surface area contributed by atoms with E-state index in [1.54, 1.807) is 6.20 Å². The van der Waals surface area contributed by atoms with Crippen LogP contribution in [0.15, 0.2) is 42.6 Å². The molecule has 0 saturated carbocycles. The van der Waals surface area contributed by atoms with Gasteiger partial charge in [-0.1, -0.05) is 6.07 Å². The highest BCUT2D eigenvalue weighted by Gasteiger charge is 2.15. The number of nitrogens with zero attached hydrogens (tertiary/aromatic N) is 1. The standard InChI is InChI=1S/C18H23NO2/c1-13(2)20-17-12-14(21-18(3,4)5)9-10-15(17)16-8-6-7-11-19-16/h6-13H,1-5H3. The van der Waals surface area contributed by atoms with E-state index < -0.39 is 0 Å². The molecule has 1 aromatic carbocycles. The van der Waals surface area contributed by atoms with Crippen LogP contribution in [0.3, 0.4) is 0 Å². The molecule has 0 unspecified atom stereocenters. The molecule has 0 saturated heterocycles. The molecule has 3 heteroatoms. The Bertz CT molecular complexity index is 586. The van der Waals surface area contributed by atoms with Gasteiger partial charge >= 0.3 is 0 Å². The second-order valence-electron chi connectivity index (χ2n) is 6.25. The Morgan fingerprint density at radius 1 is 1.05 bits per heavy atom. The van der Waals surface area contributed by atoms with E-state index in [-0.39, 0.29) is 11.7 Å². The molecule has 2 aromatic rings. The van der Waals surface area contributed by atoms with Crippen LogP contribution in [0.1, 0.15) is 34.6 Å². The van der Waals surface area contributed by atoms with E-state index in [2.05, 4.69) is 4.98 Å². The number of pyridine rings is 1. The first-order valence-corrected chi connectivity index (χ1v) is 7.26. The van der Waals surface area contributed by atoms with Gasteiger partial charge in [0.1, 0.15) is 17.1 Å². The van der Waals surface area contributed by atoms with Gasteiger partial charge in [0.05, 0.1) is 11.8 Å². The quantitative estimate of drug-likeness (QED) is 0.815. The van der Waals surface area contributed by atoms with Crippen LogP contribution < -0.4 is 9.47 Å². The lowest BCUT2D eigenvalue weighted by molar-refractivity contribution is 0.130. The van der Waals surface area contributed by atoms with Crippen LogP contribution >= 0.6 is 0 Å². The summed E-state index contributed by atoms with van der Waals surface area (Å²) in [6.07, 6.45) is 1.88. The fourth-order valence-electron chi connectivity index (χ4n) is 2.00. The molecule has 0 N–H and O–H groups in total. The van der Waals surface area contributed by atoms with Gasteiger partial charge < -0.3 is 9.47 Å². The summed E-state index contributed by atoms with van der Waals surface area (Å²) >= 11 is 0. The molecule has 0 atom stereocenters. The number of hydrogen-bond acceptors (Lipinski definition) is 3.